The number of para-hydroxylation sites is 2. The molecule has 0 radical (unpaired) electrons. The minimum atomic E-state index is -0.00281. The predicted molar refractivity (Wildman–Crippen MR) is 244 cm³/mol. The third kappa shape index (κ3) is 5.13. The van der Waals surface area contributed by atoms with Gasteiger partial charge >= 0.3 is 0 Å². The van der Waals surface area contributed by atoms with Gasteiger partial charge in [-0.05, 0) is 84.5 Å². The number of amidine groups is 1. The van der Waals surface area contributed by atoms with Crippen molar-refractivity contribution < 1.29 is 8.83 Å². The Morgan fingerprint density at radius 1 is 0.603 bits per heavy atom. The fraction of sp³-hybridized carbons (Fsp3) is 0.0943. The lowest BCUT2D eigenvalue weighted by molar-refractivity contribution is 0.668. The van der Waals surface area contributed by atoms with Gasteiger partial charge in [0.25, 0.3) is 0 Å². The highest BCUT2D eigenvalue weighted by molar-refractivity contribution is 7.25. The Morgan fingerprint density at radius 2 is 1.33 bits per heavy atom. The van der Waals surface area contributed by atoms with Gasteiger partial charge in [-0.2, -0.15) is 0 Å². The number of hydrogen-bond acceptors (Lipinski definition) is 5. The minimum Gasteiger partial charge on any atom is -0.456 e. The lowest BCUT2D eigenvalue weighted by Gasteiger charge is -2.16. The van der Waals surface area contributed by atoms with Crippen LogP contribution in [-0.4, -0.2) is 11.5 Å². The first-order valence-electron chi connectivity index (χ1n) is 20.1. The molecule has 4 heterocycles. The van der Waals surface area contributed by atoms with E-state index in [1.54, 1.807) is 0 Å². The van der Waals surface area contributed by atoms with Crippen molar-refractivity contribution >= 4 is 98.7 Å². The quantitative estimate of drug-likeness (QED) is 0.175. The van der Waals surface area contributed by atoms with Crippen LogP contribution in [-0.2, 0) is 6.42 Å². The third-order valence-corrected chi connectivity index (χ3v) is 13.2. The van der Waals surface area contributed by atoms with E-state index in [0.717, 1.165) is 103 Å². The van der Waals surface area contributed by atoms with E-state index in [4.69, 9.17) is 18.8 Å². The van der Waals surface area contributed by atoms with Gasteiger partial charge in [0.05, 0.1) is 11.4 Å². The highest BCUT2D eigenvalue weighted by atomic mass is 32.1. The summed E-state index contributed by atoms with van der Waals surface area (Å²) in [4.78, 5) is 11.2. The summed E-state index contributed by atoms with van der Waals surface area (Å²) >= 11 is 1.84. The second-order valence-electron chi connectivity index (χ2n) is 15.4. The largest absolute Gasteiger partial charge is 0.456 e. The highest BCUT2D eigenvalue weighted by Crippen LogP contribution is 2.45. The van der Waals surface area contributed by atoms with Crippen LogP contribution in [0.4, 0.5) is 0 Å². The van der Waals surface area contributed by atoms with Gasteiger partial charge in [-0.15, -0.1) is 11.3 Å². The number of aliphatic imine (C=N–C) groups is 2. The van der Waals surface area contributed by atoms with Crippen LogP contribution in [0.15, 0.2) is 170 Å². The topological polar surface area (TPSA) is 51.0 Å². The average molecular weight is 765 g/mol. The fourth-order valence-corrected chi connectivity index (χ4v) is 10.4. The van der Waals surface area contributed by atoms with Crippen molar-refractivity contribution in [2.45, 2.75) is 26.2 Å². The molecule has 58 heavy (non-hydrogen) atoms. The summed E-state index contributed by atoms with van der Waals surface area (Å²) in [5, 5.41) is 6.81. The van der Waals surface area contributed by atoms with Crippen LogP contribution < -0.4 is 0 Å². The van der Waals surface area contributed by atoms with E-state index in [2.05, 4.69) is 140 Å². The van der Waals surface area contributed by atoms with Crippen LogP contribution in [0.2, 0.25) is 0 Å². The van der Waals surface area contributed by atoms with E-state index < -0.39 is 0 Å². The first kappa shape index (κ1) is 33.3. The predicted octanol–water partition coefficient (Wildman–Crippen LogP) is 14.8. The monoisotopic (exact) mass is 764 g/mol. The molecule has 1 atom stereocenters. The van der Waals surface area contributed by atoms with Crippen molar-refractivity contribution in [1.82, 2.24) is 0 Å². The number of furan rings is 2. The summed E-state index contributed by atoms with van der Waals surface area (Å²) in [6.45, 7) is 2.26. The van der Waals surface area contributed by atoms with Crippen LogP contribution >= 0.6 is 11.3 Å². The number of thiophene rings is 1. The Kier molecular flexibility index (Phi) is 7.54. The zero-order valence-corrected chi connectivity index (χ0v) is 32.6. The first-order chi connectivity index (χ1) is 28.7. The van der Waals surface area contributed by atoms with Gasteiger partial charge < -0.3 is 8.83 Å². The molecule has 0 saturated carbocycles. The summed E-state index contributed by atoms with van der Waals surface area (Å²) < 4.78 is 15.8. The SMILES string of the molecule is CCC1C=C(c2ccc(-c3cccc4oc5ccccc5c34)c3oc4ccccc4c23)N=C(c2ccc3c(c2)C=CCC3)N=C1c1cccc2sc3ccccc3c12. The maximum Gasteiger partial charge on any atom is 0.160 e. The Balaban J connectivity index is 1.12. The third-order valence-electron chi connectivity index (χ3n) is 12.1. The normalized spacial score (nSPS) is 15.7. The first-order valence-corrected chi connectivity index (χ1v) is 21.0. The molecule has 0 N–H and O–H groups in total. The van der Waals surface area contributed by atoms with Crippen molar-refractivity contribution in [3.05, 3.63) is 179 Å². The van der Waals surface area contributed by atoms with E-state index in [1.807, 2.05) is 35.6 Å². The van der Waals surface area contributed by atoms with Crippen molar-refractivity contribution in [1.29, 1.82) is 0 Å². The lowest BCUT2D eigenvalue weighted by Crippen LogP contribution is -2.15. The maximum atomic E-state index is 6.89. The zero-order valence-electron chi connectivity index (χ0n) is 31.8. The van der Waals surface area contributed by atoms with Crippen LogP contribution in [0, 0.1) is 5.92 Å². The second-order valence-corrected chi connectivity index (χ2v) is 16.5. The molecule has 0 saturated heterocycles. The molecule has 0 spiro atoms. The number of rotatable bonds is 5. The maximum absolute atomic E-state index is 6.89. The number of hydrogen-bond donors (Lipinski definition) is 0. The molecule has 1 aliphatic heterocycles. The van der Waals surface area contributed by atoms with Gasteiger partial charge in [-0.1, -0.05) is 116 Å². The fourth-order valence-electron chi connectivity index (χ4n) is 9.30. The zero-order chi connectivity index (χ0) is 38.3. The molecule has 5 heteroatoms. The molecular formula is C53H36N2O2S. The van der Waals surface area contributed by atoms with Crippen LogP contribution in [0.25, 0.3) is 86.9 Å². The second kappa shape index (κ2) is 13.1. The number of allylic oxidation sites excluding steroid dienone is 2. The summed E-state index contributed by atoms with van der Waals surface area (Å²) in [6, 6.07) is 49.6. The molecule has 4 nitrogen and oxygen atoms in total. The smallest absolute Gasteiger partial charge is 0.160 e. The molecule has 1 unspecified atom stereocenters. The number of fused-ring (bicyclic) bond motifs is 10. The van der Waals surface area contributed by atoms with Crippen molar-refractivity contribution in [3.8, 4) is 11.1 Å². The molecule has 2 aliphatic rings. The molecule has 12 rings (SSSR count). The van der Waals surface area contributed by atoms with Crippen molar-refractivity contribution in [2.75, 3.05) is 0 Å². The van der Waals surface area contributed by atoms with Gasteiger partial charge in [0.1, 0.15) is 22.3 Å². The Labute approximate surface area is 338 Å². The van der Waals surface area contributed by atoms with E-state index in [1.165, 1.54) is 36.9 Å². The van der Waals surface area contributed by atoms with E-state index in [-0.39, 0.29) is 5.92 Å². The summed E-state index contributed by atoms with van der Waals surface area (Å²) in [5.74, 6) is 0.715. The van der Waals surface area contributed by atoms with Gasteiger partial charge in [0.15, 0.2) is 5.84 Å². The molecule has 0 amide bonds. The van der Waals surface area contributed by atoms with Gasteiger partial charge in [0, 0.05) is 69.9 Å². The summed E-state index contributed by atoms with van der Waals surface area (Å²) in [5.41, 5.74) is 13.3. The van der Waals surface area contributed by atoms with Gasteiger partial charge in [-0.25, -0.2) is 9.98 Å². The minimum absolute atomic E-state index is 0.00281. The molecule has 0 bridgehead atoms. The van der Waals surface area contributed by atoms with E-state index in [9.17, 15) is 0 Å². The van der Waals surface area contributed by atoms with Crippen molar-refractivity contribution in [2.24, 2.45) is 15.9 Å². The molecule has 276 valence electrons. The average Bonchev–Trinajstić information content (AvgIpc) is 3.94. The lowest BCUT2D eigenvalue weighted by atomic mass is 9.89. The molecule has 3 aromatic heterocycles. The molecule has 10 aromatic rings. The standard InChI is InChI=1S/C53H36N2O2S/c1-2-31-30-42(37-28-27-36(52-50(37)39-16-6-9-21-44(39)57-52)35-18-11-22-45-48(35)38-15-5-8-20-43(38)56-45)54-53(34-26-25-32-13-3-4-14-33(32)29-34)55-51(31)41-19-12-24-47-49(41)40-17-7-10-23-46(40)58-47/h4-12,14-31H,2-3,13H2,1H3. The number of aryl methyl sites for hydroxylation is 1. The van der Waals surface area contributed by atoms with Crippen LogP contribution in [0.1, 0.15) is 47.6 Å². The molecular weight excluding hydrogens is 729 g/mol. The highest BCUT2D eigenvalue weighted by Gasteiger charge is 2.27. The summed E-state index contributed by atoms with van der Waals surface area (Å²) in [7, 11) is 0. The Hall–Kier alpha value is -6.82. The molecule has 7 aromatic carbocycles. The van der Waals surface area contributed by atoms with Gasteiger partial charge in [0.2, 0.25) is 0 Å². The van der Waals surface area contributed by atoms with Crippen LogP contribution in [0.5, 0.6) is 0 Å². The number of nitrogens with zero attached hydrogens (tertiary/aromatic N) is 2. The van der Waals surface area contributed by atoms with E-state index in [0.29, 0.717) is 0 Å². The van der Waals surface area contributed by atoms with Crippen molar-refractivity contribution in [3.63, 3.8) is 0 Å². The Bertz CT molecular complexity index is 3460. The van der Waals surface area contributed by atoms with Crippen LogP contribution in [0.3, 0.4) is 0 Å². The summed E-state index contributed by atoms with van der Waals surface area (Å²) in [6.07, 6.45) is 9.85. The van der Waals surface area contributed by atoms with E-state index >= 15 is 0 Å². The van der Waals surface area contributed by atoms with Gasteiger partial charge in [-0.3, -0.25) is 0 Å². The number of benzene rings is 7. The molecule has 0 fully saturated rings. The molecule has 1 aliphatic carbocycles. The Morgan fingerprint density at radius 3 is 2.21 bits per heavy atom.